The van der Waals surface area contributed by atoms with E-state index in [-0.39, 0.29) is 5.56 Å². The lowest BCUT2D eigenvalue weighted by atomic mass is 10.1. The van der Waals surface area contributed by atoms with Gasteiger partial charge in [-0.15, -0.1) is 0 Å². The van der Waals surface area contributed by atoms with E-state index in [1.165, 1.54) is 45.9 Å². The number of pyridine rings is 1. The van der Waals surface area contributed by atoms with E-state index in [1.807, 2.05) is 37.3 Å². The Hall–Kier alpha value is -4.86. The molecule has 182 valence electrons. The molecule has 10 nitrogen and oxygen atoms in total. The van der Waals surface area contributed by atoms with Gasteiger partial charge in [-0.1, -0.05) is 30.3 Å². The highest BCUT2D eigenvalue weighted by Crippen LogP contribution is 2.38. The second kappa shape index (κ2) is 9.06. The molecular formula is C26H23N5O5. The molecule has 0 aliphatic carbocycles. The number of ether oxygens (including phenoxy) is 3. The van der Waals surface area contributed by atoms with Gasteiger partial charge in [0.2, 0.25) is 5.75 Å². The van der Waals surface area contributed by atoms with Crippen LogP contribution in [-0.2, 0) is 0 Å². The molecule has 0 spiro atoms. The van der Waals surface area contributed by atoms with Gasteiger partial charge in [0.25, 0.3) is 11.5 Å². The predicted molar refractivity (Wildman–Crippen MR) is 135 cm³/mol. The fourth-order valence-electron chi connectivity index (χ4n) is 4.19. The van der Waals surface area contributed by atoms with Crippen LogP contribution < -0.4 is 25.2 Å². The number of aromatic nitrogens is 4. The Balaban J connectivity index is 1.55. The summed E-state index contributed by atoms with van der Waals surface area (Å²) in [5.41, 5.74) is 6.28. The summed E-state index contributed by atoms with van der Waals surface area (Å²) in [6.07, 6.45) is 2.99. The van der Waals surface area contributed by atoms with E-state index in [0.29, 0.717) is 33.8 Å². The van der Waals surface area contributed by atoms with Crippen LogP contribution in [0.4, 0.5) is 0 Å². The number of rotatable bonds is 6. The largest absolute Gasteiger partial charge is 0.493 e. The molecule has 0 fully saturated rings. The van der Waals surface area contributed by atoms with Crippen LogP contribution >= 0.6 is 0 Å². The second-order valence-electron chi connectivity index (χ2n) is 7.96. The summed E-state index contributed by atoms with van der Waals surface area (Å²) in [4.78, 5) is 30.8. The first kappa shape index (κ1) is 22.9. The first-order chi connectivity index (χ1) is 17.5. The molecule has 2 aromatic carbocycles. The first-order valence-electron chi connectivity index (χ1n) is 11.0. The zero-order chi connectivity index (χ0) is 25.4. The van der Waals surface area contributed by atoms with Gasteiger partial charge in [0.15, 0.2) is 17.1 Å². The van der Waals surface area contributed by atoms with Crippen molar-refractivity contribution in [3.05, 3.63) is 82.5 Å². The summed E-state index contributed by atoms with van der Waals surface area (Å²) in [5, 5.41) is 4.93. The first-order valence-corrected chi connectivity index (χ1v) is 11.0. The third-order valence-corrected chi connectivity index (χ3v) is 5.90. The maximum atomic E-state index is 13.2. The van der Waals surface area contributed by atoms with Crippen LogP contribution in [0.25, 0.3) is 27.7 Å². The third kappa shape index (κ3) is 3.68. The van der Waals surface area contributed by atoms with Crippen LogP contribution in [0.2, 0.25) is 0 Å². The molecule has 1 amide bonds. The summed E-state index contributed by atoms with van der Waals surface area (Å²) in [6, 6.07) is 14.6. The number of carbonyl (C=O) groups is 1. The Kier molecular flexibility index (Phi) is 5.77. The number of nitrogens with zero attached hydrogens (tertiary/aromatic N) is 4. The van der Waals surface area contributed by atoms with E-state index >= 15 is 0 Å². The number of nitrogens with one attached hydrogen (secondary N) is 1. The Morgan fingerprint density at radius 1 is 0.972 bits per heavy atom. The summed E-state index contributed by atoms with van der Waals surface area (Å²) in [7, 11) is 4.39. The van der Waals surface area contributed by atoms with Gasteiger partial charge < -0.3 is 14.2 Å². The SMILES string of the molecule is COc1cc(C(=O)Nn2ccc3c(cnc4c(-c5ccccc5)c(C)nn43)c2=O)cc(OC)c1OC. The Morgan fingerprint density at radius 2 is 1.67 bits per heavy atom. The molecule has 3 aromatic heterocycles. The lowest BCUT2D eigenvalue weighted by Crippen LogP contribution is -2.33. The Labute approximate surface area is 205 Å². The van der Waals surface area contributed by atoms with Crippen molar-refractivity contribution in [1.29, 1.82) is 0 Å². The normalized spacial score (nSPS) is 11.0. The van der Waals surface area contributed by atoms with Crippen molar-refractivity contribution >= 4 is 22.5 Å². The highest BCUT2D eigenvalue weighted by Gasteiger charge is 2.19. The molecule has 1 N–H and O–H groups in total. The summed E-state index contributed by atoms with van der Waals surface area (Å²) in [5.74, 6) is 0.468. The van der Waals surface area contributed by atoms with Crippen LogP contribution in [0.5, 0.6) is 17.2 Å². The lowest BCUT2D eigenvalue weighted by molar-refractivity contribution is 0.101. The van der Waals surface area contributed by atoms with E-state index in [0.717, 1.165) is 21.5 Å². The fourth-order valence-corrected chi connectivity index (χ4v) is 4.19. The minimum absolute atomic E-state index is 0.222. The monoisotopic (exact) mass is 485 g/mol. The molecule has 3 heterocycles. The number of methoxy groups -OCH3 is 3. The van der Waals surface area contributed by atoms with E-state index in [2.05, 4.69) is 15.5 Å². The van der Waals surface area contributed by atoms with E-state index in [4.69, 9.17) is 14.2 Å². The summed E-state index contributed by atoms with van der Waals surface area (Å²) in [6.45, 7) is 1.90. The maximum Gasteiger partial charge on any atom is 0.280 e. The highest BCUT2D eigenvalue weighted by molar-refractivity contribution is 6.01. The second-order valence-corrected chi connectivity index (χ2v) is 7.96. The number of fused-ring (bicyclic) bond motifs is 3. The zero-order valence-corrected chi connectivity index (χ0v) is 20.1. The number of hydrogen-bond acceptors (Lipinski definition) is 7. The fraction of sp³-hybridized carbons (Fsp3) is 0.154. The van der Waals surface area contributed by atoms with Crippen molar-refractivity contribution in [2.75, 3.05) is 26.8 Å². The molecule has 5 rings (SSSR count). The van der Waals surface area contributed by atoms with Crippen LogP contribution in [0.15, 0.2) is 65.7 Å². The van der Waals surface area contributed by atoms with Crippen LogP contribution in [-0.4, -0.2) is 46.5 Å². The average Bonchev–Trinajstić information content (AvgIpc) is 3.25. The summed E-state index contributed by atoms with van der Waals surface area (Å²) < 4.78 is 18.7. The Morgan fingerprint density at radius 3 is 2.31 bits per heavy atom. The molecule has 0 saturated heterocycles. The average molecular weight is 486 g/mol. The highest BCUT2D eigenvalue weighted by atomic mass is 16.5. The van der Waals surface area contributed by atoms with Gasteiger partial charge in [-0.25, -0.2) is 14.2 Å². The molecule has 10 heteroatoms. The number of aryl methyl sites for hydroxylation is 1. The zero-order valence-electron chi connectivity index (χ0n) is 20.1. The van der Waals surface area contributed by atoms with Crippen LogP contribution in [0.1, 0.15) is 16.1 Å². The number of benzene rings is 2. The number of carbonyl (C=O) groups excluding carboxylic acids is 1. The van der Waals surface area contributed by atoms with Crippen molar-refractivity contribution in [3.63, 3.8) is 0 Å². The molecule has 36 heavy (non-hydrogen) atoms. The van der Waals surface area contributed by atoms with Gasteiger partial charge in [0.05, 0.1) is 37.9 Å². The van der Waals surface area contributed by atoms with Crippen molar-refractivity contribution < 1.29 is 19.0 Å². The van der Waals surface area contributed by atoms with E-state index in [9.17, 15) is 9.59 Å². The predicted octanol–water partition coefficient (Wildman–Crippen LogP) is 3.43. The standard InChI is InChI=1S/C26H23N5O5/c1-15-22(16-8-6-5-7-9-16)24-27-14-18-19(31(24)28-15)10-11-30(26(18)33)29-25(32)17-12-20(34-2)23(36-4)21(13-17)35-3/h5-14H,1-4H3,(H,29,32). The van der Waals surface area contributed by atoms with Crippen LogP contribution in [0.3, 0.4) is 0 Å². The molecule has 0 radical (unpaired) electrons. The number of amides is 1. The minimum atomic E-state index is -0.536. The van der Waals surface area contributed by atoms with Crippen molar-refractivity contribution in [2.45, 2.75) is 6.92 Å². The van der Waals surface area contributed by atoms with Crippen molar-refractivity contribution in [2.24, 2.45) is 0 Å². The van der Waals surface area contributed by atoms with Gasteiger partial charge in [-0.3, -0.25) is 15.0 Å². The molecule has 0 atom stereocenters. The molecular weight excluding hydrogens is 462 g/mol. The van der Waals surface area contributed by atoms with Gasteiger partial charge in [0.1, 0.15) is 0 Å². The minimum Gasteiger partial charge on any atom is -0.493 e. The topological polar surface area (TPSA) is 109 Å². The molecule has 0 saturated carbocycles. The molecule has 0 aliphatic heterocycles. The Bertz CT molecular complexity index is 1650. The smallest absolute Gasteiger partial charge is 0.280 e. The van der Waals surface area contributed by atoms with Gasteiger partial charge in [0, 0.05) is 23.5 Å². The van der Waals surface area contributed by atoms with Crippen molar-refractivity contribution in [1.82, 2.24) is 19.3 Å². The van der Waals surface area contributed by atoms with Crippen molar-refractivity contribution in [3.8, 4) is 28.4 Å². The third-order valence-electron chi connectivity index (χ3n) is 5.90. The molecule has 0 aliphatic rings. The summed E-state index contributed by atoms with van der Waals surface area (Å²) >= 11 is 0. The molecule has 0 unspecified atom stereocenters. The molecule has 0 bridgehead atoms. The van der Waals surface area contributed by atoms with Crippen LogP contribution in [0, 0.1) is 6.92 Å². The van der Waals surface area contributed by atoms with E-state index in [1.54, 1.807) is 10.6 Å². The molecule has 5 aromatic rings. The van der Waals surface area contributed by atoms with Gasteiger partial charge in [-0.2, -0.15) is 5.10 Å². The number of hydrogen-bond donors (Lipinski definition) is 1. The quantitative estimate of drug-likeness (QED) is 0.392. The van der Waals surface area contributed by atoms with Gasteiger partial charge in [-0.05, 0) is 30.7 Å². The maximum absolute atomic E-state index is 13.2. The van der Waals surface area contributed by atoms with E-state index < -0.39 is 11.5 Å². The van der Waals surface area contributed by atoms with Gasteiger partial charge >= 0.3 is 0 Å². The lowest BCUT2D eigenvalue weighted by Gasteiger charge is -2.14.